The van der Waals surface area contributed by atoms with Gasteiger partial charge in [0.2, 0.25) is 0 Å². The number of nitrogens with one attached hydrogen (secondary N) is 1. The van der Waals surface area contributed by atoms with Gasteiger partial charge in [0.25, 0.3) is 6.47 Å². The molecule has 0 amide bonds. The minimum atomic E-state index is -0.200. The van der Waals surface area contributed by atoms with E-state index in [4.69, 9.17) is 10.5 Å². The first kappa shape index (κ1) is 14.2. The number of hydrogen-bond acceptors (Lipinski definition) is 3. The van der Waals surface area contributed by atoms with Gasteiger partial charge in [0.1, 0.15) is 6.10 Å². The molecule has 0 radical (unpaired) electrons. The predicted molar refractivity (Wildman–Crippen MR) is 87.5 cm³/mol. The highest BCUT2D eigenvalue weighted by atomic mass is 16.5. The summed E-state index contributed by atoms with van der Waals surface area (Å²) in [5.41, 5.74) is 9.67. The summed E-state index contributed by atoms with van der Waals surface area (Å²) in [6, 6.07) is 17.8. The molecule has 1 unspecified atom stereocenters. The molecule has 3 rings (SSSR count). The van der Waals surface area contributed by atoms with Crippen LogP contribution in [0.5, 0.6) is 0 Å². The van der Waals surface area contributed by atoms with Crippen LogP contribution in [0.1, 0.15) is 11.3 Å². The summed E-state index contributed by atoms with van der Waals surface area (Å²) in [5, 5.41) is 1.16. The van der Waals surface area contributed by atoms with E-state index in [-0.39, 0.29) is 6.10 Å². The molecule has 0 aliphatic heterocycles. The summed E-state index contributed by atoms with van der Waals surface area (Å²) >= 11 is 0. The number of para-hydroxylation sites is 1. The van der Waals surface area contributed by atoms with Gasteiger partial charge in [-0.15, -0.1) is 0 Å². The summed E-state index contributed by atoms with van der Waals surface area (Å²) in [5.74, 6) is 0. The number of carbonyl (C=O) groups is 1. The Balaban J connectivity index is 1.75. The van der Waals surface area contributed by atoms with Crippen molar-refractivity contribution in [1.82, 2.24) is 4.98 Å². The molecule has 112 valence electrons. The highest BCUT2D eigenvalue weighted by Crippen LogP contribution is 2.18. The quantitative estimate of drug-likeness (QED) is 0.542. The third-order valence-corrected chi connectivity index (χ3v) is 3.72. The van der Waals surface area contributed by atoms with E-state index in [9.17, 15) is 4.79 Å². The Kier molecular flexibility index (Phi) is 4.10. The number of ether oxygens (including phenoxy) is 1. The van der Waals surface area contributed by atoms with Gasteiger partial charge < -0.3 is 15.5 Å². The van der Waals surface area contributed by atoms with Crippen LogP contribution in [0.25, 0.3) is 10.9 Å². The molecule has 0 aliphatic carbocycles. The largest absolute Gasteiger partial charge is 0.464 e. The summed E-state index contributed by atoms with van der Waals surface area (Å²) in [6.45, 7) is 0.518. The van der Waals surface area contributed by atoms with Gasteiger partial charge in [-0.05, 0) is 35.2 Å². The van der Waals surface area contributed by atoms with Crippen LogP contribution in [0.4, 0.5) is 5.69 Å². The van der Waals surface area contributed by atoms with E-state index in [1.165, 1.54) is 0 Å². The fourth-order valence-corrected chi connectivity index (χ4v) is 2.65. The Morgan fingerprint density at radius 1 is 1.09 bits per heavy atom. The molecule has 0 aliphatic rings. The van der Waals surface area contributed by atoms with Crippen LogP contribution in [-0.2, 0) is 22.4 Å². The molecule has 0 fully saturated rings. The smallest absolute Gasteiger partial charge is 0.293 e. The summed E-state index contributed by atoms with van der Waals surface area (Å²) in [6.07, 6.45) is 1.11. The number of carbonyl (C=O) groups excluding carboxylic acids is 1. The summed E-state index contributed by atoms with van der Waals surface area (Å²) in [7, 11) is 0. The van der Waals surface area contributed by atoms with Crippen molar-refractivity contribution in [2.24, 2.45) is 0 Å². The molecular formula is C18H18N2O2. The standard InChI is InChI=1S/C18H18N2O2/c19-15-7-5-13(6-8-15)9-17(22-12-21)11-16-10-14-3-1-2-4-18(14)20-16/h1-8,10,12,17,20H,9,11,19H2. The molecule has 0 saturated heterocycles. The van der Waals surface area contributed by atoms with Crippen molar-refractivity contribution in [3.63, 3.8) is 0 Å². The first-order valence-electron chi connectivity index (χ1n) is 7.25. The maximum absolute atomic E-state index is 10.8. The van der Waals surface area contributed by atoms with Crippen molar-refractivity contribution in [2.45, 2.75) is 18.9 Å². The van der Waals surface area contributed by atoms with Crippen molar-refractivity contribution < 1.29 is 9.53 Å². The lowest BCUT2D eigenvalue weighted by molar-refractivity contribution is -0.133. The molecule has 22 heavy (non-hydrogen) atoms. The molecule has 2 aromatic carbocycles. The second-order valence-electron chi connectivity index (χ2n) is 5.39. The first-order chi connectivity index (χ1) is 10.7. The van der Waals surface area contributed by atoms with Crippen LogP contribution in [0.15, 0.2) is 54.6 Å². The molecule has 1 heterocycles. The Bertz CT molecular complexity index is 729. The number of anilines is 1. The molecule has 3 N–H and O–H groups in total. The van der Waals surface area contributed by atoms with E-state index in [1.54, 1.807) is 0 Å². The van der Waals surface area contributed by atoms with Gasteiger partial charge in [0, 0.05) is 29.7 Å². The topological polar surface area (TPSA) is 68.1 Å². The lowest BCUT2D eigenvalue weighted by Gasteiger charge is -2.14. The van der Waals surface area contributed by atoms with Crippen molar-refractivity contribution in [2.75, 3.05) is 5.73 Å². The molecule has 0 spiro atoms. The number of rotatable bonds is 6. The average Bonchev–Trinajstić information content (AvgIpc) is 2.92. The molecule has 1 atom stereocenters. The van der Waals surface area contributed by atoms with Gasteiger partial charge in [0.05, 0.1) is 0 Å². The third kappa shape index (κ3) is 3.28. The minimum Gasteiger partial charge on any atom is -0.464 e. The maximum atomic E-state index is 10.8. The fourth-order valence-electron chi connectivity index (χ4n) is 2.65. The third-order valence-electron chi connectivity index (χ3n) is 3.72. The molecule has 3 aromatic rings. The Hall–Kier alpha value is -2.75. The lowest BCUT2D eigenvalue weighted by atomic mass is 10.0. The Morgan fingerprint density at radius 3 is 2.59 bits per heavy atom. The second-order valence-corrected chi connectivity index (χ2v) is 5.39. The maximum Gasteiger partial charge on any atom is 0.293 e. The number of aromatic nitrogens is 1. The van der Waals surface area contributed by atoms with Crippen LogP contribution < -0.4 is 5.73 Å². The summed E-state index contributed by atoms with van der Waals surface area (Å²) < 4.78 is 5.24. The van der Waals surface area contributed by atoms with Crippen molar-refractivity contribution >= 4 is 23.1 Å². The number of benzene rings is 2. The number of nitrogens with two attached hydrogens (primary N) is 1. The first-order valence-corrected chi connectivity index (χ1v) is 7.25. The summed E-state index contributed by atoms with van der Waals surface area (Å²) in [4.78, 5) is 14.1. The number of hydrogen-bond donors (Lipinski definition) is 2. The van der Waals surface area contributed by atoms with Crippen LogP contribution in [0.3, 0.4) is 0 Å². The zero-order chi connectivity index (χ0) is 15.4. The van der Waals surface area contributed by atoms with Gasteiger partial charge in [-0.25, -0.2) is 0 Å². The molecule has 1 aromatic heterocycles. The van der Waals surface area contributed by atoms with E-state index >= 15 is 0 Å². The van der Waals surface area contributed by atoms with Gasteiger partial charge in [-0.1, -0.05) is 30.3 Å². The molecule has 4 heteroatoms. The normalized spacial score (nSPS) is 12.2. The van der Waals surface area contributed by atoms with Gasteiger partial charge in [-0.3, -0.25) is 4.79 Å². The number of aromatic amines is 1. The Morgan fingerprint density at radius 2 is 1.86 bits per heavy atom. The van der Waals surface area contributed by atoms with Gasteiger partial charge in [0.15, 0.2) is 0 Å². The predicted octanol–water partition coefficient (Wildman–Crippen LogP) is 3.08. The SMILES string of the molecule is Nc1ccc(CC(Cc2cc3ccccc3[nH]2)OC=O)cc1. The van der Waals surface area contributed by atoms with E-state index < -0.39 is 0 Å². The van der Waals surface area contributed by atoms with Crippen LogP contribution in [-0.4, -0.2) is 17.6 Å². The zero-order valence-electron chi connectivity index (χ0n) is 12.2. The van der Waals surface area contributed by atoms with E-state index in [0.29, 0.717) is 19.3 Å². The van der Waals surface area contributed by atoms with Gasteiger partial charge in [-0.2, -0.15) is 0 Å². The lowest BCUT2D eigenvalue weighted by Crippen LogP contribution is -2.18. The van der Waals surface area contributed by atoms with E-state index in [0.717, 1.165) is 27.8 Å². The molecule has 0 bridgehead atoms. The molecule has 0 saturated carbocycles. The molecule has 4 nitrogen and oxygen atoms in total. The van der Waals surface area contributed by atoms with Crippen molar-refractivity contribution in [1.29, 1.82) is 0 Å². The van der Waals surface area contributed by atoms with Gasteiger partial charge >= 0.3 is 0 Å². The van der Waals surface area contributed by atoms with Crippen LogP contribution in [0, 0.1) is 0 Å². The number of fused-ring (bicyclic) bond motifs is 1. The number of nitrogen functional groups attached to an aromatic ring is 1. The monoisotopic (exact) mass is 294 g/mol. The van der Waals surface area contributed by atoms with E-state index in [2.05, 4.69) is 17.1 Å². The number of H-pyrrole nitrogens is 1. The zero-order valence-corrected chi connectivity index (χ0v) is 12.2. The Labute approximate surface area is 128 Å². The van der Waals surface area contributed by atoms with E-state index in [1.807, 2.05) is 42.5 Å². The minimum absolute atomic E-state index is 0.200. The van der Waals surface area contributed by atoms with Crippen molar-refractivity contribution in [3.05, 3.63) is 65.9 Å². The molecular weight excluding hydrogens is 276 g/mol. The highest BCUT2D eigenvalue weighted by molar-refractivity contribution is 5.80. The van der Waals surface area contributed by atoms with Crippen LogP contribution in [0.2, 0.25) is 0 Å². The average molecular weight is 294 g/mol. The van der Waals surface area contributed by atoms with Crippen molar-refractivity contribution in [3.8, 4) is 0 Å². The van der Waals surface area contributed by atoms with Crippen LogP contribution >= 0.6 is 0 Å². The fraction of sp³-hybridized carbons (Fsp3) is 0.167. The highest BCUT2D eigenvalue weighted by Gasteiger charge is 2.13. The second kappa shape index (κ2) is 6.35.